The van der Waals surface area contributed by atoms with Crippen molar-refractivity contribution in [1.82, 2.24) is 25.3 Å². The van der Waals surface area contributed by atoms with Crippen molar-refractivity contribution in [2.75, 3.05) is 38.0 Å². The van der Waals surface area contributed by atoms with E-state index in [1.54, 1.807) is 6.92 Å². The number of hydrogen-bond acceptors (Lipinski definition) is 5. The summed E-state index contributed by atoms with van der Waals surface area (Å²) in [5, 5.41) is 13.4. The minimum atomic E-state index is -0.186. The lowest BCUT2D eigenvalue weighted by Crippen LogP contribution is -2.47. The average molecular weight is 419 g/mol. The first kappa shape index (κ1) is 21.3. The Balaban J connectivity index is 0.00000240. The zero-order valence-corrected chi connectivity index (χ0v) is 17.3. The molecule has 2 aliphatic heterocycles. The van der Waals surface area contributed by atoms with E-state index >= 15 is 0 Å². The molecule has 3 heterocycles. The second-order valence-corrected chi connectivity index (χ2v) is 7.39. The maximum absolute atomic E-state index is 12.6. The summed E-state index contributed by atoms with van der Waals surface area (Å²) >= 11 is 0. The minimum absolute atomic E-state index is 0. The molecule has 8 nitrogen and oxygen atoms in total. The number of halogens is 1. The fourth-order valence-corrected chi connectivity index (χ4v) is 3.78. The van der Waals surface area contributed by atoms with Gasteiger partial charge in [-0.15, -0.1) is 12.4 Å². The van der Waals surface area contributed by atoms with E-state index in [1.807, 2.05) is 29.2 Å². The minimum Gasteiger partial charge on any atom is -0.340 e. The van der Waals surface area contributed by atoms with Crippen LogP contribution in [-0.4, -0.2) is 64.5 Å². The molecule has 0 radical (unpaired) electrons. The van der Waals surface area contributed by atoms with E-state index in [-0.39, 0.29) is 24.2 Å². The number of piperazine rings is 1. The summed E-state index contributed by atoms with van der Waals surface area (Å²) in [6.07, 6.45) is 0.866. The van der Waals surface area contributed by atoms with Gasteiger partial charge in [0.2, 0.25) is 5.91 Å². The summed E-state index contributed by atoms with van der Waals surface area (Å²) < 4.78 is 0. The second-order valence-electron chi connectivity index (χ2n) is 7.39. The first-order valence-electron chi connectivity index (χ1n) is 9.75. The summed E-state index contributed by atoms with van der Waals surface area (Å²) in [5.74, 6) is -0.0389. The van der Waals surface area contributed by atoms with Crippen molar-refractivity contribution in [3.05, 3.63) is 46.8 Å². The molecule has 0 atom stereocenters. The number of nitrogens with zero attached hydrogens (tertiary/aromatic N) is 3. The summed E-state index contributed by atoms with van der Waals surface area (Å²) in [5.41, 5.74) is 4.43. The molecule has 0 spiro atoms. The molecular weight excluding hydrogens is 392 g/mol. The first-order valence-corrected chi connectivity index (χ1v) is 9.75. The van der Waals surface area contributed by atoms with Gasteiger partial charge in [-0.1, -0.05) is 12.1 Å². The van der Waals surface area contributed by atoms with E-state index < -0.39 is 0 Å². The van der Waals surface area contributed by atoms with Crippen molar-refractivity contribution in [2.24, 2.45) is 0 Å². The zero-order chi connectivity index (χ0) is 19.5. The monoisotopic (exact) mass is 418 g/mol. The Morgan fingerprint density at radius 3 is 2.55 bits per heavy atom. The predicted octanol–water partition coefficient (Wildman–Crippen LogP) is 1.39. The molecule has 0 aliphatic carbocycles. The number of benzene rings is 1. The van der Waals surface area contributed by atoms with Gasteiger partial charge in [0.25, 0.3) is 5.91 Å². The highest BCUT2D eigenvalue weighted by molar-refractivity contribution is 6.04. The molecule has 156 valence electrons. The van der Waals surface area contributed by atoms with Crippen LogP contribution in [0.4, 0.5) is 5.69 Å². The number of rotatable bonds is 4. The molecule has 1 fully saturated rings. The smallest absolute Gasteiger partial charge is 0.276 e. The van der Waals surface area contributed by atoms with Gasteiger partial charge in [0.15, 0.2) is 5.69 Å². The number of H-pyrrole nitrogens is 1. The Hall–Kier alpha value is -2.42. The van der Waals surface area contributed by atoms with Crippen molar-refractivity contribution < 1.29 is 9.59 Å². The third kappa shape index (κ3) is 4.95. The molecule has 0 saturated carbocycles. The van der Waals surface area contributed by atoms with Crippen molar-refractivity contribution in [3.63, 3.8) is 0 Å². The molecule has 29 heavy (non-hydrogen) atoms. The standard InChI is InChI=1S/C20H26N6O2.ClH/c1-14(27)26-10-8-25(9-11-26)13-15-2-4-16(5-3-15)22-20(28)19-17-12-21-7-6-18(17)23-24-19;/h2-5,21H,6-13H2,1H3,(H,22,28)(H,23,24);1H. The van der Waals surface area contributed by atoms with E-state index in [4.69, 9.17) is 0 Å². The molecular formula is C20H27ClN6O2. The van der Waals surface area contributed by atoms with Crippen LogP contribution in [0.25, 0.3) is 0 Å². The van der Waals surface area contributed by atoms with Gasteiger partial charge in [0.1, 0.15) is 0 Å². The largest absolute Gasteiger partial charge is 0.340 e. The van der Waals surface area contributed by atoms with Gasteiger partial charge in [0.05, 0.1) is 0 Å². The van der Waals surface area contributed by atoms with Crippen molar-refractivity contribution >= 4 is 29.9 Å². The molecule has 0 bridgehead atoms. The van der Waals surface area contributed by atoms with Crippen LogP contribution >= 0.6 is 12.4 Å². The van der Waals surface area contributed by atoms with Crippen molar-refractivity contribution in [2.45, 2.75) is 26.4 Å². The number of fused-ring (bicyclic) bond motifs is 1. The summed E-state index contributed by atoms with van der Waals surface area (Å²) in [6, 6.07) is 7.93. The van der Waals surface area contributed by atoms with Gasteiger partial charge >= 0.3 is 0 Å². The molecule has 4 rings (SSSR count). The Morgan fingerprint density at radius 1 is 1.14 bits per heavy atom. The van der Waals surface area contributed by atoms with Crippen LogP contribution in [0.15, 0.2) is 24.3 Å². The number of aromatic nitrogens is 2. The quantitative estimate of drug-likeness (QED) is 0.697. The lowest BCUT2D eigenvalue weighted by molar-refractivity contribution is -0.130. The van der Waals surface area contributed by atoms with Crippen LogP contribution in [0.3, 0.4) is 0 Å². The Kier molecular flexibility index (Phi) is 6.89. The van der Waals surface area contributed by atoms with E-state index in [0.717, 1.165) is 62.6 Å². The number of hydrogen-bond donors (Lipinski definition) is 3. The van der Waals surface area contributed by atoms with Gasteiger partial charge in [-0.2, -0.15) is 5.10 Å². The SMILES string of the molecule is CC(=O)N1CCN(Cc2ccc(NC(=O)c3n[nH]c4c3CNCC4)cc2)CC1.Cl. The first-order chi connectivity index (χ1) is 13.6. The van der Waals surface area contributed by atoms with Crippen molar-refractivity contribution in [3.8, 4) is 0 Å². The molecule has 3 N–H and O–H groups in total. The molecule has 2 aliphatic rings. The van der Waals surface area contributed by atoms with Crippen LogP contribution in [0.2, 0.25) is 0 Å². The van der Waals surface area contributed by atoms with E-state index in [9.17, 15) is 9.59 Å². The fourth-order valence-electron chi connectivity index (χ4n) is 3.78. The van der Waals surface area contributed by atoms with E-state index in [1.165, 1.54) is 5.56 Å². The van der Waals surface area contributed by atoms with Gasteiger partial charge in [-0.05, 0) is 17.7 Å². The second kappa shape index (κ2) is 9.39. The van der Waals surface area contributed by atoms with E-state index in [2.05, 4.69) is 25.7 Å². The van der Waals surface area contributed by atoms with Crippen LogP contribution in [0, 0.1) is 0 Å². The Morgan fingerprint density at radius 2 is 1.86 bits per heavy atom. The highest BCUT2D eigenvalue weighted by Gasteiger charge is 2.22. The number of aromatic amines is 1. The number of carbonyl (C=O) groups is 2. The normalized spacial score (nSPS) is 16.7. The maximum atomic E-state index is 12.6. The fraction of sp³-hybridized carbons (Fsp3) is 0.450. The Labute approximate surface area is 176 Å². The van der Waals surface area contributed by atoms with Gasteiger partial charge in [0, 0.05) is 76.1 Å². The highest BCUT2D eigenvalue weighted by Crippen LogP contribution is 2.18. The van der Waals surface area contributed by atoms with Gasteiger partial charge in [-0.25, -0.2) is 0 Å². The van der Waals surface area contributed by atoms with E-state index in [0.29, 0.717) is 12.2 Å². The molecule has 1 saturated heterocycles. The molecule has 1 aromatic carbocycles. The number of carbonyl (C=O) groups excluding carboxylic acids is 2. The van der Waals surface area contributed by atoms with Crippen LogP contribution in [-0.2, 0) is 24.3 Å². The molecule has 2 amide bonds. The lowest BCUT2D eigenvalue weighted by Gasteiger charge is -2.34. The van der Waals surface area contributed by atoms with Gasteiger partial charge < -0.3 is 15.5 Å². The molecule has 9 heteroatoms. The topological polar surface area (TPSA) is 93.4 Å². The molecule has 2 aromatic rings. The predicted molar refractivity (Wildman–Crippen MR) is 113 cm³/mol. The van der Waals surface area contributed by atoms with Gasteiger partial charge in [-0.3, -0.25) is 19.6 Å². The molecule has 0 unspecified atom stereocenters. The van der Waals surface area contributed by atoms with Crippen LogP contribution in [0.1, 0.15) is 34.2 Å². The summed E-state index contributed by atoms with van der Waals surface area (Å²) in [6.45, 7) is 7.38. The molecule has 1 aromatic heterocycles. The number of nitrogens with one attached hydrogen (secondary N) is 3. The number of amides is 2. The average Bonchev–Trinajstić information content (AvgIpc) is 3.14. The third-order valence-corrected chi connectivity index (χ3v) is 5.46. The number of anilines is 1. The highest BCUT2D eigenvalue weighted by atomic mass is 35.5. The summed E-state index contributed by atoms with van der Waals surface area (Å²) in [4.78, 5) is 28.2. The third-order valence-electron chi connectivity index (χ3n) is 5.46. The van der Waals surface area contributed by atoms with Crippen molar-refractivity contribution in [1.29, 1.82) is 0 Å². The van der Waals surface area contributed by atoms with Crippen LogP contribution in [0.5, 0.6) is 0 Å². The lowest BCUT2D eigenvalue weighted by atomic mass is 10.1. The van der Waals surface area contributed by atoms with Crippen LogP contribution < -0.4 is 10.6 Å². The Bertz CT molecular complexity index is 858. The maximum Gasteiger partial charge on any atom is 0.276 e. The zero-order valence-electron chi connectivity index (χ0n) is 16.5. The summed E-state index contributed by atoms with van der Waals surface area (Å²) in [7, 11) is 0.